The molecular weight excluding hydrogens is 249 g/mol. The molecule has 16 heavy (non-hydrogen) atoms. The van der Waals surface area contributed by atoms with Crippen LogP contribution < -0.4 is 5.73 Å². The zero-order valence-corrected chi connectivity index (χ0v) is 10.4. The van der Waals surface area contributed by atoms with Crippen LogP contribution in [0, 0.1) is 5.92 Å². The Bertz CT molecular complexity index is 367. The lowest BCUT2D eigenvalue weighted by Gasteiger charge is -2.14. The highest BCUT2D eigenvalue weighted by atomic mass is 35.5. The molecule has 1 aromatic heterocycles. The van der Waals surface area contributed by atoms with Gasteiger partial charge in [0.1, 0.15) is 5.69 Å². The number of aromatic amines is 1. The van der Waals surface area contributed by atoms with Gasteiger partial charge in [0.15, 0.2) is 0 Å². The summed E-state index contributed by atoms with van der Waals surface area (Å²) >= 11 is 5.75. The molecular formula is C10H15Cl2N3O. The molecule has 1 fully saturated rings. The minimum Gasteiger partial charge on any atom is -0.356 e. The second-order valence-corrected chi connectivity index (χ2v) is 4.31. The molecule has 1 aromatic rings. The Labute approximate surface area is 106 Å². The maximum Gasteiger partial charge on any atom is 0.270 e. The number of rotatable bonds is 2. The summed E-state index contributed by atoms with van der Waals surface area (Å²) in [4.78, 5) is 16.6. The lowest BCUT2D eigenvalue weighted by Crippen LogP contribution is -2.30. The molecule has 0 bridgehead atoms. The molecule has 0 aromatic carbocycles. The maximum atomic E-state index is 11.9. The smallest absolute Gasteiger partial charge is 0.270 e. The number of H-pyrrole nitrogens is 1. The predicted molar refractivity (Wildman–Crippen MR) is 66.1 cm³/mol. The summed E-state index contributed by atoms with van der Waals surface area (Å²) in [5.41, 5.74) is 6.13. The van der Waals surface area contributed by atoms with E-state index >= 15 is 0 Å². The molecule has 1 unspecified atom stereocenters. The van der Waals surface area contributed by atoms with E-state index in [2.05, 4.69) is 4.98 Å². The lowest BCUT2D eigenvalue weighted by atomic mass is 10.1. The van der Waals surface area contributed by atoms with E-state index < -0.39 is 0 Å². The van der Waals surface area contributed by atoms with Crippen molar-refractivity contribution in [3.05, 3.63) is 23.0 Å². The van der Waals surface area contributed by atoms with Crippen LogP contribution in [0.4, 0.5) is 0 Å². The molecule has 4 nitrogen and oxygen atoms in total. The van der Waals surface area contributed by atoms with E-state index in [-0.39, 0.29) is 18.3 Å². The summed E-state index contributed by atoms with van der Waals surface area (Å²) in [7, 11) is 0. The molecule has 1 aliphatic rings. The zero-order chi connectivity index (χ0) is 10.8. The Balaban J connectivity index is 0.00000128. The number of nitrogens with two attached hydrogens (primary N) is 1. The van der Waals surface area contributed by atoms with Crippen molar-refractivity contribution in [1.29, 1.82) is 0 Å². The van der Waals surface area contributed by atoms with Crippen LogP contribution in [0.15, 0.2) is 12.3 Å². The number of aromatic nitrogens is 1. The number of halogens is 2. The van der Waals surface area contributed by atoms with Gasteiger partial charge in [-0.05, 0) is 24.9 Å². The lowest BCUT2D eigenvalue weighted by molar-refractivity contribution is 0.0782. The molecule has 1 amide bonds. The van der Waals surface area contributed by atoms with E-state index in [1.54, 1.807) is 12.3 Å². The first-order valence-corrected chi connectivity index (χ1v) is 5.41. The quantitative estimate of drug-likeness (QED) is 0.850. The number of carbonyl (C=O) groups is 1. The molecule has 6 heteroatoms. The summed E-state index contributed by atoms with van der Waals surface area (Å²) in [6.07, 6.45) is 2.61. The van der Waals surface area contributed by atoms with Crippen LogP contribution in [-0.2, 0) is 0 Å². The van der Waals surface area contributed by atoms with E-state index in [1.165, 1.54) is 0 Å². The molecule has 3 N–H and O–H groups in total. The van der Waals surface area contributed by atoms with Gasteiger partial charge in [0, 0.05) is 19.3 Å². The topological polar surface area (TPSA) is 62.1 Å². The Morgan fingerprint density at radius 3 is 2.94 bits per heavy atom. The maximum absolute atomic E-state index is 11.9. The Morgan fingerprint density at radius 1 is 1.69 bits per heavy atom. The van der Waals surface area contributed by atoms with Gasteiger partial charge < -0.3 is 15.6 Å². The first-order chi connectivity index (χ1) is 7.20. The molecule has 2 heterocycles. The second-order valence-electron chi connectivity index (χ2n) is 3.87. The zero-order valence-electron chi connectivity index (χ0n) is 8.78. The number of carbonyl (C=O) groups excluding carboxylic acids is 1. The van der Waals surface area contributed by atoms with Crippen molar-refractivity contribution in [3.8, 4) is 0 Å². The van der Waals surface area contributed by atoms with Crippen molar-refractivity contribution in [2.24, 2.45) is 11.7 Å². The average molecular weight is 264 g/mol. The van der Waals surface area contributed by atoms with E-state index in [0.29, 0.717) is 23.2 Å². The molecule has 1 atom stereocenters. The summed E-state index contributed by atoms with van der Waals surface area (Å²) in [6, 6.07) is 1.65. The summed E-state index contributed by atoms with van der Waals surface area (Å²) in [5, 5.41) is 0.563. The van der Waals surface area contributed by atoms with Gasteiger partial charge >= 0.3 is 0 Å². The highest BCUT2D eigenvalue weighted by Gasteiger charge is 2.26. The molecule has 0 spiro atoms. The van der Waals surface area contributed by atoms with Gasteiger partial charge in [-0.2, -0.15) is 0 Å². The van der Waals surface area contributed by atoms with Crippen molar-refractivity contribution in [1.82, 2.24) is 9.88 Å². The number of nitrogens with zero attached hydrogens (tertiary/aromatic N) is 1. The Morgan fingerprint density at radius 2 is 2.44 bits per heavy atom. The molecule has 1 saturated heterocycles. The number of nitrogens with one attached hydrogen (secondary N) is 1. The minimum atomic E-state index is 0. The van der Waals surface area contributed by atoms with Crippen molar-refractivity contribution < 1.29 is 4.79 Å². The first-order valence-electron chi connectivity index (χ1n) is 5.04. The number of hydrogen-bond acceptors (Lipinski definition) is 2. The van der Waals surface area contributed by atoms with Gasteiger partial charge in [-0.25, -0.2) is 0 Å². The van der Waals surface area contributed by atoms with Crippen LogP contribution in [0.5, 0.6) is 0 Å². The third kappa shape index (κ3) is 2.70. The number of amides is 1. The number of likely N-dealkylation sites (tertiary alicyclic amines) is 1. The largest absolute Gasteiger partial charge is 0.356 e. The highest BCUT2D eigenvalue weighted by molar-refractivity contribution is 6.30. The fourth-order valence-electron chi connectivity index (χ4n) is 1.87. The van der Waals surface area contributed by atoms with E-state index in [1.807, 2.05) is 4.90 Å². The molecule has 90 valence electrons. The van der Waals surface area contributed by atoms with Crippen LogP contribution in [0.1, 0.15) is 16.9 Å². The van der Waals surface area contributed by atoms with Crippen molar-refractivity contribution in [2.75, 3.05) is 19.6 Å². The van der Waals surface area contributed by atoms with Crippen LogP contribution in [0.25, 0.3) is 0 Å². The Hall–Kier alpha value is -0.710. The molecule has 2 rings (SSSR count). The van der Waals surface area contributed by atoms with Gasteiger partial charge in [0.25, 0.3) is 5.91 Å². The van der Waals surface area contributed by atoms with E-state index in [0.717, 1.165) is 19.5 Å². The van der Waals surface area contributed by atoms with Gasteiger partial charge in [-0.3, -0.25) is 4.79 Å². The first kappa shape index (κ1) is 13.4. The third-order valence-corrected chi connectivity index (χ3v) is 3.00. The molecule has 0 radical (unpaired) electrons. The van der Waals surface area contributed by atoms with Crippen LogP contribution in [0.3, 0.4) is 0 Å². The molecule has 1 aliphatic heterocycles. The van der Waals surface area contributed by atoms with E-state index in [4.69, 9.17) is 17.3 Å². The fraction of sp³-hybridized carbons (Fsp3) is 0.500. The fourth-order valence-corrected chi connectivity index (χ4v) is 2.03. The van der Waals surface area contributed by atoms with Crippen molar-refractivity contribution in [3.63, 3.8) is 0 Å². The van der Waals surface area contributed by atoms with Gasteiger partial charge in [0.2, 0.25) is 0 Å². The average Bonchev–Trinajstić information content (AvgIpc) is 2.84. The molecule has 0 aliphatic carbocycles. The monoisotopic (exact) mass is 263 g/mol. The normalized spacial score (nSPS) is 19.6. The van der Waals surface area contributed by atoms with Crippen LogP contribution >= 0.6 is 24.0 Å². The second kappa shape index (κ2) is 5.57. The third-order valence-electron chi connectivity index (χ3n) is 2.78. The van der Waals surface area contributed by atoms with E-state index in [9.17, 15) is 4.79 Å². The van der Waals surface area contributed by atoms with Gasteiger partial charge in [0.05, 0.1) is 5.02 Å². The number of hydrogen-bond donors (Lipinski definition) is 2. The summed E-state index contributed by atoms with van der Waals surface area (Å²) in [6.45, 7) is 2.19. The standard InChI is InChI=1S/C10H14ClN3O.ClH/c11-8-3-9(13-5-8)10(15)14-2-1-7(4-12)6-14;/h3,5,7,13H,1-2,4,6,12H2;1H. The van der Waals surface area contributed by atoms with Crippen molar-refractivity contribution in [2.45, 2.75) is 6.42 Å². The van der Waals surface area contributed by atoms with Crippen LogP contribution in [-0.4, -0.2) is 35.4 Å². The van der Waals surface area contributed by atoms with Gasteiger partial charge in [-0.1, -0.05) is 11.6 Å². The van der Waals surface area contributed by atoms with Crippen molar-refractivity contribution >= 4 is 29.9 Å². The molecule has 0 saturated carbocycles. The SMILES string of the molecule is Cl.NCC1CCN(C(=O)c2cc(Cl)c[nH]2)C1. The summed E-state index contributed by atoms with van der Waals surface area (Å²) < 4.78 is 0. The van der Waals surface area contributed by atoms with Gasteiger partial charge in [-0.15, -0.1) is 12.4 Å². The highest BCUT2D eigenvalue weighted by Crippen LogP contribution is 2.18. The summed E-state index contributed by atoms with van der Waals surface area (Å²) in [5.74, 6) is 0.456. The minimum absolute atomic E-state index is 0. The predicted octanol–water partition coefficient (Wildman–Crippen LogP) is 1.51. The Kier molecular flexibility index (Phi) is 4.65. The van der Waals surface area contributed by atoms with Crippen LogP contribution in [0.2, 0.25) is 5.02 Å².